The number of amides is 1. The van der Waals surface area contributed by atoms with E-state index in [1.165, 1.54) is 5.56 Å². The molecule has 0 heterocycles. The van der Waals surface area contributed by atoms with Crippen molar-refractivity contribution in [2.75, 3.05) is 6.61 Å². The largest absolute Gasteiger partial charge is 0.394 e. The van der Waals surface area contributed by atoms with Crippen molar-refractivity contribution < 1.29 is 9.90 Å². The molecule has 0 saturated heterocycles. The van der Waals surface area contributed by atoms with Gasteiger partial charge in [0, 0.05) is 6.04 Å². The first-order valence-corrected chi connectivity index (χ1v) is 5.87. The van der Waals surface area contributed by atoms with Crippen LogP contribution in [0.5, 0.6) is 0 Å². The van der Waals surface area contributed by atoms with Gasteiger partial charge >= 0.3 is 0 Å². The highest BCUT2D eigenvalue weighted by molar-refractivity contribution is 5.87. The normalized spacial score (nSPS) is 13.2. The van der Waals surface area contributed by atoms with Crippen LogP contribution in [0.4, 0.5) is 0 Å². The quantitative estimate of drug-likeness (QED) is 0.835. The van der Waals surface area contributed by atoms with E-state index < -0.39 is 5.41 Å². The molecule has 1 atom stereocenters. The topological polar surface area (TPSA) is 49.3 Å². The van der Waals surface area contributed by atoms with Crippen molar-refractivity contribution in [2.45, 2.75) is 39.2 Å². The Morgan fingerprint density at radius 2 is 1.88 bits per heavy atom. The predicted molar refractivity (Wildman–Crippen MR) is 68.9 cm³/mol. The molecule has 2 N–H and O–H groups in total. The van der Waals surface area contributed by atoms with Gasteiger partial charge in [0.1, 0.15) is 0 Å². The Kier molecular flexibility index (Phi) is 4.29. The summed E-state index contributed by atoms with van der Waals surface area (Å²) in [4.78, 5) is 12.1. The van der Waals surface area contributed by atoms with Crippen molar-refractivity contribution in [2.24, 2.45) is 0 Å². The highest BCUT2D eigenvalue weighted by Crippen LogP contribution is 2.23. The lowest BCUT2D eigenvalue weighted by Gasteiger charge is -2.26. The zero-order valence-electron chi connectivity index (χ0n) is 10.9. The highest BCUT2D eigenvalue weighted by atomic mass is 16.3. The Hall–Kier alpha value is -1.35. The average molecular weight is 235 g/mol. The van der Waals surface area contributed by atoms with Gasteiger partial charge in [0.25, 0.3) is 0 Å². The maximum atomic E-state index is 12.1. The van der Waals surface area contributed by atoms with E-state index in [0.717, 1.165) is 5.56 Å². The van der Waals surface area contributed by atoms with E-state index in [0.29, 0.717) is 0 Å². The zero-order chi connectivity index (χ0) is 13.1. The Morgan fingerprint density at radius 1 is 1.35 bits per heavy atom. The van der Waals surface area contributed by atoms with E-state index in [-0.39, 0.29) is 18.6 Å². The lowest BCUT2D eigenvalue weighted by Crippen LogP contribution is -2.45. The summed E-state index contributed by atoms with van der Waals surface area (Å²) in [6.07, 6.45) is 0. The van der Waals surface area contributed by atoms with E-state index in [4.69, 9.17) is 5.11 Å². The number of aliphatic hydroxyl groups is 1. The molecule has 17 heavy (non-hydrogen) atoms. The monoisotopic (exact) mass is 235 g/mol. The molecule has 0 aliphatic heterocycles. The predicted octanol–water partition coefficient (Wildman–Crippen LogP) is 1.77. The second kappa shape index (κ2) is 5.32. The Morgan fingerprint density at radius 3 is 2.35 bits per heavy atom. The van der Waals surface area contributed by atoms with Gasteiger partial charge in [-0.15, -0.1) is 0 Å². The van der Waals surface area contributed by atoms with E-state index in [1.807, 2.05) is 45.0 Å². The van der Waals surface area contributed by atoms with Gasteiger partial charge in [-0.1, -0.05) is 29.8 Å². The molecule has 3 heteroatoms. The number of benzene rings is 1. The van der Waals surface area contributed by atoms with Crippen LogP contribution in [0.1, 0.15) is 31.9 Å². The SMILES string of the molecule is Cc1ccc(C(C)(C)C(=O)NC(C)CO)cc1. The molecular weight excluding hydrogens is 214 g/mol. The third-order valence-corrected chi connectivity index (χ3v) is 2.99. The molecule has 0 radical (unpaired) electrons. The molecule has 0 saturated carbocycles. The number of carbonyl (C=O) groups excluding carboxylic acids is 1. The van der Waals surface area contributed by atoms with Gasteiger partial charge in [-0.05, 0) is 33.3 Å². The van der Waals surface area contributed by atoms with Crippen LogP contribution in [0, 0.1) is 6.92 Å². The maximum Gasteiger partial charge on any atom is 0.230 e. The van der Waals surface area contributed by atoms with E-state index in [2.05, 4.69) is 5.32 Å². The highest BCUT2D eigenvalue weighted by Gasteiger charge is 2.30. The summed E-state index contributed by atoms with van der Waals surface area (Å²) in [6, 6.07) is 7.73. The molecule has 1 aromatic carbocycles. The maximum absolute atomic E-state index is 12.1. The summed E-state index contributed by atoms with van der Waals surface area (Å²) in [7, 11) is 0. The molecule has 0 aliphatic carbocycles. The third-order valence-electron chi connectivity index (χ3n) is 2.99. The minimum atomic E-state index is -0.586. The standard InChI is InChI=1S/C14H21NO2/c1-10-5-7-12(8-6-10)14(3,4)13(17)15-11(2)9-16/h5-8,11,16H,9H2,1-4H3,(H,15,17). The summed E-state index contributed by atoms with van der Waals surface area (Å²) in [5, 5.41) is 11.7. The van der Waals surface area contributed by atoms with Crippen molar-refractivity contribution in [1.82, 2.24) is 5.32 Å². The number of hydrogen-bond donors (Lipinski definition) is 2. The van der Waals surface area contributed by atoms with Gasteiger partial charge in [0.2, 0.25) is 5.91 Å². The molecule has 3 nitrogen and oxygen atoms in total. The van der Waals surface area contributed by atoms with Crippen LogP contribution in [0.25, 0.3) is 0 Å². The third kappa shape index (κ3) is 3.30. The first-order valence-electron chi connectivity index (χ1n) is 5.87. The summed E-state index contributed by atoms with van der Waals surface area (Å²) in [6.45, 7) is 7.53. The molecule has 1 rings (SSSR count). The molecule has 0 fully saturated rings. The number of rotatable bonds is 4. The van der Waals surface area contributed by atoms with Gasteiger partial charge in [-0.3, -0.25) is 4.79 Å². The molecular formula is C14H21NO2. The van der Waals surface area contributed by atoms with Crippen LogP contribution in [0.3, 0.4) is 0 Å². The second-order valence-electron chi connectivity index (χ2n) is 5.05. The van der Waals surface area contributed by atoms with Gasteiger partial charge < -0.3 is 10.4 Å². The molecule has 0 aromatic heterocycles. The molecule has 94 valence electrons. The Labute approximate surface area is 103 Å². The van der Waals surface area contributed by atoms with Crippen molar-refractivity contribution in [3.63, 3.8) is 0 Å². The van der Waals surface area contributed by atoms with Crippen LogP contribution in [0.15, 0.2) is 24.3 Å². The van der Waals surface area contributed by atoms with E-state index >= 15 is 0 Å². The number of hydrogen-bond acceptors (Lipinski definition) is 2. The van der Waals surface area contributed by atoms with Gasteiger partial charge in [-0.2, -0.15) is 0 Å². The van der Waals surface area contributed by atoms with Gasteiger partial charge in [-0.25, -0.2) is 0 Å². The molecule has 0 aliphatic rings. The van der Waals surface area contributed by atoms with Crippen LogP contribution >= 0.6 is 0 Å². The molecule has 1 amide bonds. The Bertz CT molecular complexity index is 382. The first kappa shape index (κ1) is 13.7. The summed E-state index contributed by atoms with van der Waals surface area (Å²) >= 11 is 0. The first-order chi connectivity index (χ1) is 7.87. The summed E-state index contributed by atoms with van der Waals surface area (Å²) in [5.74, 6) is -0.0668. The number of carbonyl (C=O) groups is 1. The van der Waals surface area contributed by atoms with Crippen molar-refractivity contribution in [3.8, 4) is 0 Å². The van der Waals surface area contributed by atoms with Crippen molar-refractivity contribution >= 4 is 5.91 Å². The molecule has 0 spiro atoms. The van der Waals surface area contributed by atoms with Crippen LogP contribution < -0.4 is 5.32 Å². The van der Waals surface area contributed by atoms with Crippen LogP contribution in [-0.2, 0) is 10.2 Å². The number of nitrogens with one attached hydrogen (secondary N) is 1. The summed E-state index contributed by atoms with van der Waals surface area (Å²) in [5.41, 5.74) is 1.57. The average Bonchev–Trinajstić information content (AvgIpc) is 2.29. The van der Waals surface area contributed by atoms with Gasteiger partial charge in [0.05, 0.1) is 12.0 Å². The summed E-state index contributed by atoms with van der Waals surface area (Å²) < 4.78 is 0. The van der Waals surface area contributed by atoms with E-state index in [9.17, 15) is 4.79 Å². The molecule has 0 bridgehead atoms. The Balaban J connectivity index is 2.86. The number of aliphatic hydroxyl groups excluding tert-OH is 1. The fourth-order valence-corrected chi connectivity index (χ4v) is 1.55. The number of aryl methyl sites for hydroxylation is 1. The van der Waals surface area contributed by atoms with Crippen molar-refractivity contribution in [1.29, 1.82) is 0 Å². The lowest BCUT2D eigenvalue weighted by molar-refractivity contribution is -0.126. The zero-order valence-corrected chi connectivity index (χ0v) is 10.9. The fraction of sp³-hybridized carbons (Fsp3) is 0.500. The molecule has 1 aromatic rings. The fourth-order valence-electron chi connectivity index (χ4n) is 1.55. The molecule has 1 unspecified atom stereocenters. The van der Waals surface area contributed by atoms with Crippen molar-refractivity contribution in [3.05, 3.63) is 35.4 Å². The minimum absolute atomic E-state index is 0.0459. The van der Waals surface area contributed by atoms with Crippen LogP contribution in [-0.4, -0.2) is 23.7 Å². The minimum Gasteiger partial charge on any atom is -0.394 e. The van der Waals surface area contributed by atoms with Gasteiger partial charge in [0.15, 0.2) is 0 Å². The van der Waals surface area contributed by atoms with Crippen LogP contribution in [0.2, 0.25) is 0 Å². The van der Waals surface area contributed by atoms with E-state index in [1.54, 1.807) is 6.92 Å². The lowest BCUT2D eigenvalue weighted by atomic mass is 9.83. The second-order valence-corrected chi connectivity index (χ2v) is 5.05. The smallest absolute Gasteiger partial charge is 0.230 e.